The lowest BCUT2D eigenvalue weighted by Gasteiger charge is -2.23. The summed E-state index contributed by atoms with van der Waals surface area (Å²) >= 11 is 0. The fraction of sp³-hybridized carbons (Fsp3) is 0.467. The van der Waals surface area contributed by atoms with Gasteiger partial charge < -0.3 is 15.8 Å². The van der Waals surface area contributed by atoms with Crippen molar-refractivity contribution in [1.82, 2.24) is 5.32 Å². The number of imide groups is 1. The van der Waals surface area contributed by atoms with Crippen molar-refractivity contribution >= 4 is 17.6 Å². The van der Waals surface area contributed by atoms with Gasteiger partial charge in [0, 0.05) is 0 Å². The van der Waals surface area contributed by atoms with Crippen molar-refractivity contribution in [3.8, 4) is 5.75 Å². The summed E-state index contributed by atoms with van der Waals surface area (Å²) in [6, 6.07) is 4.28. The zero-order valence-corrected chi connectivity index (χ0v) is 13.1. The number of hydrogen-bond donors (Lipinski definition) is 3. The van der Waals surface area contributed by atoms with E-state index in [0.29, 0.717) is 11.4 Å². The minimum absolute atomic E-state index is 0.0264. The molecule has 6 nitrogen and oxygen atoms in total. The average molecular weight is 293 g/mol. The van der Waals surface area contributed by atoms with Crippen molar-refractivity contribution in [1.29, 1.82) is 0 Å². The first kappa shape index (κ1) is 16.8. The number of urea groups is 1. The molecule has 1 aromatic rings. The van der Waals surface area contributed by atoms with Gasteiger partial charge in [-0.15, -0.1) is 0 Å². The van der Waals surface area contributed by atoms with Gasteiger partial charge in [0.1, 0.15) is 11.8 Å². The third-order valence-corrected chi connectivity index (χ3v) is 3.08. The van der Waals surface area contributed by atoms with E-state index in [1.807, 2.05) is 23.5 Å². The van der Waals surface area contributed by atoms with E-state index < -0.39 is 18.0 Å². The van der Waals surface area contributed by atoms with Crippen LogP contribution in [-0.4, -0.2) is 25.1 Å². The summed E-state index contributed by atoms with van der Waals surface area (Å²) in [6.45, 7) is 7.94. The first-order chi connectivity index (χ1) is 9.65. The number of rotatable bonds is 4. The quantitative estimate of drug-likeness (QED) is 0.791. The molecule has 0 saturated heterocycles. The van der Waals surface area contributed by atoms with Crippen molar-refractivity contribution in [3.63, 3.8) is 0 Å². The molecule has 6 heteroatoms. The molecule has 4 N–H and O–H groups in total. The molecule has 1 rings (SSSR count). The van der Waals surface area contributed by atoms with Gasteiger partial charge in [-0.05, 0) is 30.0 Å². The molecule has 1 aromatic carbocycles. The molecule has 1 atom stereocenters. The molecule has 0 spiro atoms. The molecule has 21 heavy (non-hydrogen) atoms. The van der Waals surface area contributed by atoms with Gasteiger partial charge in [0.25, 0.3) is 0 Å². The van der Waals surface area contributed by atoms with Gasteiger partial charge in [-0.3, -0.25) is 10.1 Å². The van der Waals surface area contributed by atoms with E-state index in [4.69, 9.17) is 10.5 Å². The van der Waals surface area contributed by atoms with E-state index in [9.17, 15) is 9.59 Å². The number of methoxy groups -OCH3 is 1. The van der Waals surface area contributed by atoms with Gasteiger partial charge in [0.2, 0.25) is 5.91 Å². The maximum Gasteiger partial charge on any atom is 0.318 e. The van der Waals surface area contributed by atoms with Gasteiger partial charge in [-0.1, -0.05) is 26.8 Å². The Kier molecular flexibility index (Phi) is 5.18. The van der Waals surface area contributed by atoms with E-state index >= 15 is 0 Å². The number of anilines is 1. The standard InChI is InChI=1S/C15H23N3O3/c1-9(13(19)18-14(16)20)17-11-8-10(15(2,3)4)6-7-12(11)21-5/h6-9,17H,1-5H3,(H3,16,18,19,20)/t9-/m1/s1. The molecular formula is C15H23N3O3. The molecule has 0 saturated carbocycles. The van der Waals surface area contributed by atoms with Crippen LogP contribution in [0.2, 0.25) is 0 Å². The number of ether oxygens (including phenoxy) is 1. The molecular weight excluding hydrogens is 270 g/mol. The van der Waals surface area contributed by atoms with Gasteiger partial charge in [-0.2, -0.15) is 0 Å². The van der Waals surface area contributed by atoms with E-state index in [0.717, 1.165) is 5.56 Å². The van der Waals surface area contributed by atoms with Gasteiger partial charge >= 0.3 is 6.03 Å². The maximum atomic E-state index is 11.7. The predicted molar refractivity (Wildman–Crippen MR) is 82.5 cm³/mol. The number of nitrogens with two attached hydrogens (primary N) is 1. The first-order valence-electron chi connectivity index (χ1n) is 6.70. The van der Waals surface area contributed by atoms with E-state index in [1.54, 1.807) is 14.0 Å². The third kappa shape index (κ3) is 4.66. The number of nitrogens with one attached hydrogen (secondary N) is 2. The molecule has 0 radical (unpaired) electrons. The highest BCUT2D eigenvalue weighted by Crippen LogP contribution is 2.31. The number of primary amides is 1. The van der Waals surface area contributed by atoms with Crippen LogP contribution in [0.15, 0.2) is 18.2 Å². The summed E-state index contributed by atoms with van der Waals surface area (Å²) in [5.74, 6) is 0.132. The summed E-state index contributed by atoms with van der Waals surface area (Å²) in [4.78, 5) is 22.4. The second kappa shape index (κ2) is 6.47. The Hall–Kier alpha value is -2.24. The molecule has 0 aliphatic rings. The summed E-state index contributed by atoms with van der Waals surface area (Å²) < 4.78 is 5.29. The Morgan fingerprint density at radius 2 is 1.90 bits per heavy atom. The molecule has 0 fully saturated rings. The Morgan fingerprint density at radius 1 is 1.29 bits per heavy atom. The highest BCUT2D eigenvalue weighted by Gasteiger charge is 2.19. The van der Waals surface area contributed by atoms with Crippen LogP contribution in [0.25, 0.3) is 0 Å². The second-order valence-electron chi connectivity index (χ2n) is 5.88. The average Bonchev–Trinajstić information content (AvgIpc) is 2.36. The molecule has 0 bridgehead atoms. The molecule has 0 heterocycles. The topological polar surface area (TPSA) is 93.4 Å². The van der Waals surface area contributed by atoms with Crippen LogP contribution in [0.1, 0.15) is 33.3 Å². The Morgan fingerprint density at radius 3 is 2.38 bits per heavy atom. The molecule has 0 aliphatic carbocycles. The van der Waals surface area contributed by atoms with Crippen molar-refractivity contribution in [2.75, 3.05) is 12.4 Å². The fourth-order valence-electron chi connectivity index (χ4n) is 1.82. The maximum absolute atomic E-state index is 11.7. The van der Waals surface area contributed by atoms with Crippen molar-refractivity contribution in [3.05, 3.63) is 23.8 Å². The smallest absolute Gasteiger partial charge is 0.318 e. The summed E-state index contributed by atoms with van der Waals surface area (Å²) in [7, 11) is 1.56. The number of benzene rings is 1. The van der Waals surface area contributed by atoms with E-state index in [1.165, 1.54) is 0 Å². The number of amides is 3. The lowest BCUT2D eigenvalue weighted by molar-refractivity contribution is -0.120. The van der Waals surface area contributed by atoms with Crippen molar-refractivity contribution < 1.29 is 14.3 Å². The summed E-state index contributed by atoms with van der Waals surface area (Å²) in [5, 5.41) is 5.08. The van der Waals surface area contributed by atoms with Crippen LogP contribution >= 0.6 is 0 Å². The molecule has 0 unspecified atom stereocenters. The van der Waals surface area contributed by atoms with Crippen LogP contribution < -0.4 is 21.1 Å². The summed E-state index contributed by atoms with van der Waals surface area (Å²) in [5.41, 5.74) is 6.71. The fourth-order valence-corrected chi connectivity index (χ4v) is 1.82. The van der Waals surface area contributed by atoms with E-state index in [2.05, 4.69) is 26.1 Å². The lowest BCUT2D eigenvalue weighted by atomic mass is 9.86. The van der Waals surface area contributed by atoms with E-state index in [-0.39, 0.29) is 5.41 Å². The van der Waals surface area contributed by atoms with Crippen molar-refractivity contribution in [2.24, 2.45) is 5.73 Å². The summed E-state index contributed by atoms with van der Waals surface area (Å²) in [6.07, 6.45) is 0. The second-order valence-corrected chi connectivity index (χ2v) is 5.88. The Labute approximate surface area is 125 Å². The number of hydrogen-bond acceptors (Lipinski definition) is 4. The normalized spacial score (nSPS) is 12.4. The minimum atomic E-state index is -0.871. The van der Waals surface area contributed by atoms with Crippen LogP contribution in [0.3, 0.4) is 0 Å². The first-order valence-corrected chi connectivity index (χ1v) is 6.70. The minimum Gasteiger partial charge on any atom is -0.495 e. The predicted octanol–water partition coefficient (Wildman–Crippen LogP) is 1.99. The Bertz CT molecular complexity index is 535. The highest BCUT2D eigenvalue weighted by atomic mass is 16.5. The monoisotopic (exact) mass is 293 g/mol. The molecule has 0 aromatic heterocycles. The number of carbonyl (C=O) groups excluding carboxylic acids is 2. The van der Waals surface area contributed by atoms with Crippen LogP contribution in [-0.2, 0) is 10.2 Å². The van der Waals surface area contributed by atoms with Gasteiger partial charge in [-0.25, -0.2) is 4.79 Å². The molecule has 116 valence electrons. The van der Waals surface area contributed by atoms with Crippen LogP contribution in [0, 0.1) is 0 Å². The molecule has 0 aliphatic heterocycles. The highest BCUT2D eigenvalue weighted by molar-refractivity contribution is 5.97. The van der Waals surface area contributed by atoms with Gasteiger partial charge in [0.05, 0.1) is 12.8 Å². The SMILES string of the molecule is COc1ccc(C(C)(C)C)cc1N[C@H](C)C(=O)NC(N)=O. The molecule has 3 amide bonds. The zero-order valence-electron chi connectivity index (χ0n) is 13.1. The number of carbonyl (C=O) groups is 2. The van der Waals surface area contributed by atoms with Gasteiger partial charge in [0.15, 0.2) is 0 Å². The Balaban J connectivity index is 3.00. The largest absolute Gasteiger partial charge is 0.495 e. The van der Waals surface area contributed by atoms with Crippen LogP contribution in [0.5, 0.6) is 5.75 Å². The van der Waals surface area contributed by atoms with Crippen LogP contribution in [0.4, 0.5) is 10.5 Å². The zero-order chi connectivity index (χ0) is 16.2. The van der Waals surface area contributed by atoms with Crippen molar-refractivity contribution in [2.45, 2.75) is 39.2 Å². The lowest BCUT2D eigenvalue weighted by Crippen LogP contribution is -2.43. The third-order valence-electron chi connectivity index (χ3n) is 3.08.